The number of hydrogen-bond donors (Lipinski definition) is 1. The molecule has 8 nitrogen and oxygen atoms in total. The second kappa shape index (κ2) is 13.1. The summed E-state index contributed by atoms with van der Waals surface area (Å²) in [6.07, 6.45) is 3.01. The van der Waals surface area contributed by atoms with Crippen LogP contribution in [0.1, 0.15) is 24.7 Å². The first kappa shape index (κ1) is 25.7. The van der Waals surface area contributed by atoms with E-state index in [1.807, 2.05) is 43.3 Å². The first-order valence-corrected chi connectivity index (χ1v) is 11.7. The topological polar surface area (TPSA) is 84.3 Å². The minimum absolute atomic E-state index is 0.0454. The zero-order chi connectivity index (χ0) is 25.0. The van der Waals surface area contributed by atoms with Crippen LogP contribution in [0.5, 0.6) is 11.5 Å². The second-order valence-corrected chi connectivity index (χ2v) is 8.08. The van der Waals surface area contributed by atoms with E-state index in [4.69, 9.17) is 13.9 Å². The standard InChI is InChI=1S/C27H33N3O5/c1-4-13-30(27(32)28-22-16-24(33-2)18-25(17-22)34-3)20-26(31)29(19-23-11-8-15-35-23)14-12-21-9-6-5-7-10-21/h5-11,15-18H,4,12-14,19-20H2,1-3H3,(H,28,32). The van der Waals surface area contributed by atoms with Crippen LogP contribution in [-0.4, -0.2) is 55.6 Å². The highest BCUT2D eigenvalue weighted by Crippen LogP contribution is 2.26. The zero-order valence-electron chi connectivity index (χ0n) is 20.5. The van der Waals surface area contributed by atoms with Crippen molar-refractivity contribution < 1.29 is 23.5 Å². The molecule has 3 aromatic rings. The van der Waals surface area contributed by atoms with Gasteiger partial charge in [-0.2, -0.15) is 0 Å². The van der Waals surface area contributed by atoms with Crippen LogP contribution in [0.3, 0.4) is 0 Å². The molecule has 0 aliphatic carbocycles. The van der Waals surface area contributed by atoms with Crippen molar-refractivity contribution in [3.05, 3.63) is 78.3 Å². The van der Waals surface area contributed by atoms with Gasteiger partial charge in [0, 0.05) is 37.0 Å². The van der Waals surface area contributed by atoms with Crippen molar-refractivity contribution in [2.24, 2.45) is 0 Å². The molecule has 0 aliphatic heterocycles. The smallest absolute Gasteiger partial charge is 0.322 e. The van der Waals surface area contributed by atoms with Gasteiger partial charge in [0.25, 0.3) is 0 Å². The molecule has 0 bridgehead atoms. The van der Waals surface area contributed by atoms with Gasteiger partial charge in [-0.05, 0) is 30.5 Å². The van der Waals surface area contributed by atoms with Crippen molar-refractivity contribution in [3.63, 3.8) is 0 Å². The Labute approximate surface area is 206 Å². The van der Waals surface area contributed by atoms with Crippen molar-refractivity contribution in [2.75, 3.05) is 39.2 Å². The lowest BCUT2D eigenvalue weighted by Gasteiger charge is -2.27. The van der Waals surface area contributed by atoms with Gasteiger partial charge in [0.05, 0.1) is 27.0 Å². The normalized spacial score (nSPS) is 10.5. The largest absolute Gasteiger partial charge is 0.497 e. The highest BCUT2D eigenvalue weighted by Gasteiger charge is 2.22. The molecular formula is C27H33N3O5. The molecule has 1 aromatic heterocycles. The van der Waals surface area contributed by atoms with E-state index >= 15 is 0 Å². The quantitative estimate of drug-likeness (QED) is 0.403. The number of benzene rings is 2. The fraction of sp³-hybridized carbons (Fsp3) is 0.333. The van der Waals surface area contributed by atoms with Crippen molar-refractivity contribution in [1.82, 2.24) is 9.80 Å². The summed E-state index contributed by atoms with van der Waals surface area (Å²) in [5, 5.41) is 2.86. The Kier molecular flexibility index (Phi) is 9.59. The first-order valence-electron chi connectivity index (χ1n) is 11.7. The minimum Gasteiger partial charge on any atom is -0.497 e. The van der Waals surface area contributed by atoms with E-state index in [-0.39, 0.29) is 18.5 Å². The lowest BCUT2D eigenvalue weighted by Crippen LogP contribution is -2.45. The number of anilines is 1. The summed E-state index contributed by atoms with van der Waals surface area (Å²) in [7, 11) is 3.09. The zero-order valence-corrected chi connectivity index (χ0v) is 20.5. The molecule has 0 radical (unpaired) electrons. The van der Waals surface area contributed by atoms with E-state index in [1.165, 1.54) is 4.90 Å². The highest BCUT2D eigenvalue weighted by atomic mass is 16.5. The lowest BCUT2D eigenvalue weighted by molar-refractivity contribution is -0.132. The average Bonchev–Trinajstić information content (AvgIpc) is 3.39. The molecule has 0 atom stereocenters. The van der Waals surface area contributed by atoms with E-state index < -0.39 is 0 Å². The monoisotopic (exact) mass is 479 g/mol. The lowest BCUT2D eigenvalue weighted by atomic mass is 10.1. The number of ether oxygens (including phenoxy) is 2. The fourth-order valence-corrected chi connectivity index (χ4v) is 3.66. The Balaban J connectivity index is 1.71. The number of nitrogens with zero attached hydrogens (tertiary/aromatic N) is 2. The van der Waals surface area contributed by atoms with E-state index in [0.29, 0.717) is 55.4 Å². The molecule has 8 heteroatoms. The molecule has 1 N–H and O–H groups in total. The number of nitrogens with one attached hydrogen (secondary N) is 1. The second-order valence-electron chi connectivity index (χ2n) is 8.08. The molecule has 0 saturated heterocycles. The summed E-state index contributed by atoms with van der Waals surface area (Å²) < 4.78 is 16.0. The maximum atomic E-state index is 13.4. The molecule has 0 fully saturated rings. The molecule has 3 amide bonds. The maximum absolute atomic E-state index is 13.4. The van der Waals surface area contributed by atoms with E-state index in [1.54, 1.807) is 49.6 Å². The Morgan fingerprint density at radius 3 is 2.23 bits per heavy atom. The van der Waals surface area contributed by atoms with Gasteiger partial charge in [0.15, 0.2) is 0 Å². The van der Waals surface area contributed by atoms with Crippen molar-refractivity contribution in [3.8, 4) is 11.5 Å². The van der Waals surface area contributed by atoms with Crippen LogP contribution >= 0.6 is 0 Å². The van der Waals surface area contributed by atoms with Crippen molar-refractivity contribution in [2.45, 2.75) is 26.3 Å². The summed E-state index contributed by atoms with van der Waals surface area (Å²) in [6.45, 7) is 3.21. The van der Waals surface area contributed by atoms with E-state index in [9.17, 15) is 9.59 Å². The summed E-state index contributed by atoms with van der Waals surface area (Å²) in [6, 6.07) is 18.4. The van der Waals surface area contributed by atoms with Gasteiger partial charge >= 0.3 is 6.03 Å². The number of carbonyl (C=O) groups is 2. The predicted octanol–water partition coefficient (Wildman–Crippen LogP) is 4.81. The minimum atomic E-state index is -0.364. The maximum Gasteiger partial charge on any atom is 0.322 e. The summed E-state index contributed by atoms with van der Waals surface area (Å²) >= 11 is 0. The van der Waals surface area contributed by atoms with Gasteiger partial charge in [-0.1, -0.05) is 37.3 Å². The van der Waals surface area contributed by atoms with Gasteiger partial charge in [0.2, 0.25) is 5.91 Å². The van der Waals surface area contributed by atoms with Crippen molar-refractivity contribution >= 4 is 17.6 Å². The summed E-state index contributed by atoms with van der Waals surface area (Å²) in [5.74, 6) is 1.66. The molecule has 0 aliphatic rings. The summed E-state index contributed by atoms with van der Waals surface area (Å²) in [4.78, 5) is 29.7. The number of carbonyl (C=O) groups excluding carboxylic acids is 2. The number of urea groups is 1. The van der Waals surface area contributed by atoms with Gasteiger partial charge in [-0.15, -0.1) is 0 Å². The molecule has 0 spiro atoms. The van der Waals surface area contributed by atoms with E-state index in [2.05, 4.69) is 5.32 Å². The third-order valence-corrected chi connectivity index (χ3v) is 5.50. The Bertz CT molecular complexity index is 1050. The number of rotatable bonds is 12. The molecule has 35 heavy (non-hydrogen) atoms. The first-order chi connectivity index (χ1) is 17.0. The van der Waals surface area contributed by atoms with Crippen LogP contribution in [0.15, 0.2) is 71.3 Å². The molecule has 0 saturated carbocycles. The third-order valence-electron chi connectivity index (χ3n) is 5.50. The van der Waals surface area contributed by atoms with Crippen LogP contribution in [0, 0.1) is 0 Å². The number of amides is 3. The van der Waals surface area contributed by atoms with Gasteiger partial charge in [-0.25, -0.2) is 4.79 Å². The number of methoxy groups -OCH3 is 2. The van der Waals surface area contributed by atoms with Gasteiger partial charge < -0.3 is 29.0 Å². The molecule has 186 valence electrons. The Morgan fingerprint density at radius 2 is 1.63 bits per heavy atom. The SMILES string of the molecule is CCCN(CC(=O)N(CCc1ccccc1)Cc1ccco1)C(=O)Nc1cc(OC)cc(OC)c1. The molecule has 0 unspecified atom stereocenters. The summed E-state index contributed by atoms with van der Waals surface area (Å²) in [5.41, 5.74) is 1.66. The van der Waals surface area contributed by atoms with Crippen LogP contribution in [0.2, 0.25) is 0 Å². The Hall–Kier alpha value is -3.94. The number of hydrogen-bond acceptors (Lipinski definition) is 5. The van der Waals surface area contributed by atoms with Crippen LogP contribution in [0.4, 0.5) is 10.5 Å². The highest BCUT2D eigenvalue weighted by molar-refractivity contribution is 5.92. The van der Waals surface area contributed by atoms with Crippen LogP contribution in [0.25, 0.3) is 0 Å². The molecule has 1 heterocycles. The van der Waals surface area contributed by atoms with Crippen LogP contribution in [-0.2, 0) is 17.8 Å². The van der Waals surface area contributed by atoms with Crippen molar-refractivity contribution in [1.29, 1.82) is 0 Å². The third kappa shape index (κ3) is 7.81. The van der Waals surface area contributed by atoms with Gasteiger partial charge in [0.1, 0.15) is 23.8 Å². The molecule has 2 aromatic carbocycles. The predicted molar refractivity (Wildman–Crippen MR) is 135 cm³/mol. The van der Waals surface area contributed by atoms with Crippen LogP contribution < -0.4 is 14.8 Å². The Morgan fingerprint density at radius 1 is 0.914 bits per heavy atom. The fourth-order valence-electron chi connectivity index (χ4n) is 3.66. The number of furan rings is 1. The van der Waals surface area contributed by atoms with E-state index in [0.717, 1.165) is 5.56 Å². The average molecular weight is 480 g/mol. The van der Waals surface area contributed by atoms with Gasteiger partial charge in [-0.3, -0.25) is 4.79 Å². The molecule has 3 rings (SSSR count). The molecular weight excluding hydrogens is 446 g/mol.